The molecule has 0 bridgehead atoms. The Hall–Kier alpha value is -3.29. The zero-order valence-electron chi connectivity index (χ0n) is 27.0. The highest BCUT2D eigenvalue weighted by Gasteiger charge is 2.65. The standard InChI is InChI=1S/C37H37Cl2F2N5O2/c1-17-15-43-16-28(17)45-26(27-13-22-18(2)34(22)46(27)36(48)37(41)9-10-37)14-24-32(19(3)47)44-33-23(35(24)45)12-20(6-5-11-42)29(31(33)40)21-7-4-8-25(38)30(21)39/h4,7-8,12,14,17-19,22,27-28,34,43,47H,5-6,9-10,13,15-16H2,1-3H3/t17-,18?,19?,22?,27-,28-,34?/m1/s1. The number of carbonyl (C=O) groups is 1. The summed E-state index contributed by atoms with van der Waals surface area (Å²) < 4.78 is 34.9. The quantitative estimate of drug-likeness (QED) is 0.205. The van der Waals surface area contributed by atoms with Crippen LogP contribution in [-0.4, -0.2) is 50.3 Å². The first kappa shape index (κ1) is 31.9. The van der Waals surface area contributed by atoms with E-state index in [9.17, 15) is 15.2 Å². The lowest BCUT2D eigenvalue weighted by molar-refractivity contribution is -0.140. The summed E-state index contributed by atoms with van der Waals surface area (Å²) in [7, 11) is 0. The smallest absolute Gasteiger partial charge is 0.261 e. The molecule has 4 aliphatic rings. The Morgan fingerprint density at radius 1 is 1.23 bits per heavy atom. The molecule has 1 amide bonds. The second-order valence-corrected chi connectivity index (χ2v) is 15.2. The van der Waals surface area contributed by atoms with E-state index in [1.54, 1.807) is 25.1 Å². The number of hydrogen-bond acceptors (Lipinski definition) is 5. The average Bonchev–Trinajstić information content (AvgIpc) is 3.69. The maximum Gasteiger partial charge on any atom is 0.261 e. The predicted octanol–water partition coefficient (Wildman–Crippen LogP) is 8.00. The van der Waals surface area contributed by atoms with Crippen LogP contribution in [0.4, 0.5) is 8.78 Å². The number of rotatable bonds is 7. The van der Waals surface area contributed by atoms with Gasteiger partial charge in [0.15, 0.2) is 11.5 Å². The average molecular weight is 693 g/mol. The van der Waals surface area contributed by atoms with Crippen LogP contribution in [0, 0.1) is 34.9 Å². The first-order valence-corrected chi connectivity index (χ1v) is 17.6. The van der Waals surface area contributed by atoms with E-state index in [-0.39, 0.29) is 76.8 Å². The second kappa shape index (κ2) is 11.4. The van der Waals surface area contributed by atoms with Crippen molar-refractivity contribution < 1.29 is 18.7 Å². The van der Waals surface area contributed by atoms with Gasteiger partial charge in [0.1, 0.15) is 5.52 Å². The van der Waals surface area contributed by atoms with E-state index >= 15 is 8.78 Å². The number of benzene rings is 2. The van der Waals surface area contributed by atoms with E-state index < -0.39 is 23.5 Å². The minimum Gasteiger partial charge on any atom is -0.387 e. The molecule has 4 heterocycles. The third kappa shape index (κ3) is 4.70. The molecule has 250 valence electrons. The summed E-state index contributed by atoms with van der Waals surface area (Å²) in [6.07, 6.45) is 0.592. The number of halogens is 4. The van der Waals surface area contributed by atoms with Gasteiger partial charge in [-0.25, -0.2) is 13.8 Å². The number of hydrogen-bond donors (Lipinski definition) is 2. The molecule has 2 N–H and O–H groups in total. The molecule has 7 nitrogen and oxygen atoms in total. The van der Waals surface area contributed by atoms with Crippen LogP contribution in [0.2, 0.25) is 10.0 Å². The minimum atomic E-state index is -1.80. The summed E-state index contributed by atoms with van der Waals surface area (Å²) in [6, 6.07) is 10.7. The molecular weight excluding hydrogens is 655 g/mol. The zero-order valence-corrected chi connectivity index (χ0v) is 28.5. The Kier molecular flexibility index (Phi) is 7.57. The maximum atomic E-state index is 17.2. The monoisotopic (exact) mass is 691 g/mol. The minimum absolute atomic E-state index is 0.00699. The van der Waals surface area contributed by atoms with Crippen molar-refractivity contribution in [2.45, 2.75) is 82.8 Å². The molecule has 0 spiro atoms. The summed E-state index contributed by atoms with van der Waals surface area (Å²) in [5.41, 5.74) is 1.38. The number of aromatic nitrogens is 2. The highest BCUT2D eigenvalue weighted by molar-refractivity contribution is 6.43. The first-order valence-electron chi connectivity index (χ1n) is 16.9. The Morgan fingerprint density at radius 3 is 2.67 bits per heavy atom. The fourth-order valence-corrected chi connectivity index (χ4v) is 9.03. The molecular formula is C37H37Cl2F2N5O2. The molecule has 4 unspecified atom stereocenters. The van der Waals surface area contributed by atoms with Crippen molar-refractivity contribution in [1.29, 1.82) is 5.26 Å². The second-order valence-electron chi connectivity index (χ2n) is 14.4. The van der Waals surface area contributed by atoms with Gasteiger partial charge in [0.05, 0.1) is 45.5 Å². The molecule has 0 radical (unpaired) electrons. The molecule has 48 heavy (non-hydrogen) atoms. The van der Waals surface area contributed by atoms with Crippen LogP contribution >= 0.6 is 23.2 Å². The largest absolute Gasteiger partial charge is 0.387 e. The molecule has 8 rings (SSSR count). The van der Waals surface area contributed by atoms with Crippen LogP contribution < -0.4 is 5.32 Å². The van der Waals surface area contributed by atoms with Crippen molar-refractivity contribution in [3.63, 3.8) is 0 Å². The van der Waals surface area contributed by atoms with E-state index in [0.29, 0.717) is 46.5 Å². The maximum absolute atomic E-state index is 17.2. The third-order valence-corrected chi connectivity index (χ3v) is 12.2. The van der Waals surface area contributed by atoms with Crippen molar-refractivity contribution in [2.75, 3.05) is 13.1 Å². The van der Waals surface area contributed by atoms with Gasteiger partial charge in [-0.05, 0) is 80.7 Å². The van der Waals surface area contributed by atoms with Gasteiger partial charge in [-0.15, -0.1) is 0 Å². The first-order chi connectivity index (χ1) is 23.0. The molecule has 4 aromatic rings. The number of carbonyl (C=O) groups excluding carboxylic acids is 1. The molecule has 2 saturated carbocycles. The third-order valence-electron chi connectivity index (χ3n) is 11.4. The van der Waals surface area contributed by atoms with Crippen molar-refractivity contribution in [1.82, 2.24) is 19.8 Å². The number of aryl methyl sites for hydroxylation is 1. The fourth-order valence-electron chi connectivity index (χ4n) is 8.64. The Labute approximate surface area is 287 Å². The van der Waals surface area contributed by atoms with Crippen molar-refractivity contribution in [2.24, 2.45) is 17.8 Å². The van der Waals surface area contributed by atoms with Gasteiger partial charge in [-0.3, -0.25) is 4.79 Å². The molecule has 2 saturated heterocycles. The number of nitrogens with one attached hydrogen (secondary N) is 1. The molecule has 2 aromatic carbocycles. The summed E-state index contributed by atoms with van der Waals surface area (Å²) in [4.78, 5) is 20.4. The lowest BCUT2D eigenvalue weighted by atomic mass is 9.92. The number of aliphatic hydroxyl groups is 1. The normalized spacial score (nSPS) is 27.8. The van der Waals surface area contributed by atoms with Gasteiger partial charge in [0.25, 0.3) is 5.91 Å². The lowest BCUT2D eigenvalue weighted by Gasteiger charge is -2.33. The number of aliphatic hydroxyl groups excluding tert-OH is 1. The number of nitriles is 1. The van der Waals surface area contributed by atoms with Crippen molar-refractivity contribution in [3.05, 3.63) is 63.1 Å². The van der Waals surface area contributed by atoms with Gasteiger partial charge in [-0.1, -0.05) is 49.2 Å². The van der Waals surface area contributed by atoms with Gasteiger partial charge in [0.2, 0.25) is 0 Å². The van der Waals surface area contributed by atoms with Crippen LogP contribution in [-0.2, 0) is 11.2 Å². The molecule has 4 fully saturated rings. The summed E-state index contributed by atoms with van der Waals surface area (Å²) in [5.74, 6) is -0.244. The van der Waals surface area contributed by atoms with Gasteiger partial charge < -0.3 is 19.9 Å². The van der Waals surface area contributed by atoms with E-state index in [1.165, 1.54) is 0 Å². The highest BCUT2D eigenvalue weighted by Crippen LogP contribution is 2.60. The van der Waals surface area contributed by atoms with Crippen LogP contribution in [0.15, 0.2) is 30.3 Å². The van der Waals surface area contributed by atoms with Crippen molar-refractivity contribution >= 4 is 50.9 Å². The summed E-state index contributed by atoms with van der Waals surface area (Å²) in [6.45, 7) is 7.33. The molecule has 2 aliphatic heterocycles. The van der Waals surface area contributed by atoms with E-state index in [2.05, 4.69) is 29.8 Å². The summed E-state index contributed by atoms with van der Waals surface area (Å²) >= 11 is 13.0. The SMILES string of the molecule is CC(O)c1nc2c(F)c(-c3cccc(Cl)c3Cl)c(CCC#N)cc2c2c1cc([C@H]1CC3C(C)C3N1C(=O)C1(F)CC1)n2[C@@H]1CNC[C@H]1C. The van der Waals surface area contributed by atoms with E-state index in [4.69, 9.17) is 28.2 Å². The number of piperidine rings is 1. The number of nitrogens with zero attached hydrogens (tertiary/aromatic N) is 4. The number of likely N-dealkylation sites (tertiary alicyclic amines) is 1. The van der Waals surface area contributed by atoms with Crippen molar-refractivity contribution in [3.8, 4) is 17.2 Å². The van der Waals surface area contributed by atoms with Gasteiger partial charge in [0, 0.05) is 46.6 Å². The van der Waals surface area contributed by atoms with E-state index in [1.807, 2.05) is 17.0 Å². The molecule has 2 aromatic heterocycles. The Bertz CT molecular complexity index is 2050. The lowest BCUT2D eigenvalue weighted by Crippen LogP contribution is -2.42. The molecule has 11 heteroatoms. The predicted molar refractivity (Wildman–Crippen MR) is 182 cm³/mol. The summed E-state index contributed by atoms with van der Waals surface area (Å²) in [5, 5.41) is 25.9. The topological polar surface area (TPSA) is 94.2 Å². The van der Waals surface area contributed by atoms with Crippen LogP contribution in [0.3, 0.4) is 0 Å². The number of amides is 1. The van der Waals surface area contributed by atoms with Crippen LogP contribution in [0.25, 0.3) is 32.9 Å². The number of fused-ring (bicyclic) bond motifs is 4. The van der Waals surface area contributed by atoms with Gasteiger partial charge in [-0.2, -0.15) is 5.26 Å². The highest BCUT2D eigenvalue weighted by atomic mass is 35.5. The van der Waals surface area contributed by atoms with Gasteiger partial charge >= 0.3 is 0 Å². The number of pyridine rings is 1. The fraction of sp³-hybridized carbons (Fsp3) is 0.486. The number of alkyl halides is 1. The molecule has 2 aliphatic carbocycles. The van der Waals surface area contributed by atoms with Crippen LogP contribution in [0.5, 0.6) is 0 Å². The van der Waals surface area contributed by atoms with Crippen LogP contribution in [0.1, 0.15) is 81.6 Å². The Morgan fingerprint density at radius 2 is 2.00 bits per heavy atom. The van der Waals surface area contributed by atoms with E-state index in [0.717, 1.165) is 17.8 Å². The zero-order chi connectivity index (χ0) is 33.8. The Balaban J connectivity index is 1.44. The molecule has 7 atom stereocenters.